The van der Waals surface area contributed by atoms with Crippen molar-refractivity contribution in [3.63, 3.8) is 0 Å². The number of hydrogen-bond acceptors (Lipinski definition) is 4. The molecule has 3 aromatic rings. The lowest BCUT2D eigenvalue weighted by atomic mass is 9.96. The van der Waals surface area contributed by atoms with Crippen LogP contribution in [0.4, 0.5) is 4.39 Å². The van der Waals surface area contributed by atoms with Crippen LogP contribution in [-0.4, -0.2) is 11.0 Å². The van der Waals surface area contributed by atoms with Crippen LogP contribution in [0, 0.1) is 5.82 Å². The minimum atomic E-state index is -0.475. The van der Waals surface area contributed by atoms with Gasteiger partial charge in [0.15, 0.2) is 0 Å². The first-order valence-electron chi connectivity index (χ1n) is 8.10. The minimum absolute atomic E-state index is 0.158. The van der Waals surface area contributed by atoms with Gasteiger partial charge in [-0.2, -0.15) is 0 Å². The molecule has 0 unspecified atom stereocenters. The van der Waals surface area contributed by atoms with E-state index < -0.39 is 5.41 Å². The second kappa shape index (κ2) is 6.41. The fourth-order valence-corrected chi connectivity index (χ4v) is 3.68. The maximum absolute atomic E-state index is 13.0. The van der Waals surface area contributed by atoms with Gasteiger partial charge >= 0.3 is 5.97 Å². The van der Waals surface area contributed by atoms with Gasteiger partial charge in [0.2, 0.25) is 0 Å². The number of ether oxygens (including phenoxy) is 1. The lowest BCUT2D eigenvalue weighted by molar-refractivity contribution is -0.148. The van der Waals surface area contributed by atoms with Gasteiger partial charge in [0.05, 0.1) is 11.1 Å². The first kappa shape index (κ1) is 16.0. The van der Waals surface area contributed by atoms with Crippen molar-refractivity contribution >= 4 is 17.3 Å². The summed E-state index contributed by atoms with van der Waals surface area (Å²) in [6.07, 6.45) is 1.65. The summed E-state index contributed by atoms with van der Waals surface area (Å²) in [5.41, 5.74) is 2.11. The number of aromatic nitrogens is 1. The lowest BCUT2D eigenvalue weighted by Gasteiger charge is -2.14. The van der Waals surface area contributed by atoms with E-state index in [-0.39, 0.29) is 18.4 Å². The van der Waals surface area contributed by atoms with E-state index in [0.717, 1.165) is 29.0 Å². The third-order valence-electron chi connectivity index (χ3n) is 4.46. The number of esters is 1. The lowest BCUT2D eigenvalue weighted by Crippen LogP contribution is -2.23. The van der Waals surface area contributed by atoms with Crippen molar-refractivity contribution in [1.82, 2.24) is 4.98 Å². The highest BCUT2D eigenvalue weighted by Gasteiger charge is 2.52. The fourth-order valence-electron chi connectivity index (χ4n) is 2.87. The van der Waals surface area contributed by atoms with Gasteiger partial charge in [0.1, 0.15) is 17.4 Å². The predicted octanol–water partition coefficient (Wildman–Crippen LogP) is 4.72. The first-order valence-corrected chi connectivity index (χ1v) is 8.98. The van der Waals surface area contributed by atoms with E-state index in [9.17, 15) is 9.18 Å². The molecule has 1 saturated carbocycles. The molecule has 3 nitrogen and oxygen atoms in total. The molecule has 0 amide bonds. The minimum Gasteiger partial charge on any atom is -0.458 e. The summed E-state index contributed by atoms with van der Waals surface area (Å²) in [7, 11) is 0. The number of rotatable bonds is 5. The van der Waals surface area contributed by atoms with Crippen LogP contribution in [0.2, 0.25) is 0 Å². The van der Waals surface area contributed by atoms with Crippen molar-refractivity contribution in [1.29, 1.82) is 0 Å². The highest BCUT2D eigenvalue weighted by atomic mass is 32.1. The van der Waals surface area contributed by atoms with Crippen molar-refractivity contribution in [2.45, 2.75) is 24.9 Å². The molecule has 1 aromatic heterocycles. The molecule has 0 N–H and O–H groups in total. The Morgan fingerprint density at radius 2 is 1.84 bits per heavy atom. The smallest absolute Gasteiger partial charge is 0.316 e. The Bertz CT molecular complexity index is 886. The quantitative estimate of drug-likeness (QED) is 0.623. The maximum Gasteiger partial charge on any atom is 0.316 e. The zero-order valence-corrected chi connectivity index (χ0v) is 14.3. The highest BCUT2D eigenvalue weighted by Crippen LogP contribution is 2.49. The largest absolute Gasteiger partial charge is 0.458 e. The Kier molecular flexibility index (Phi) is 4.09. The molecule has 0 atom stereocenters. The molecule has 1 fully saturated rings. The molecule has 1 aliphatic rings. The summed E-state index contributed by atoms with van der Waals surface area (Å²) in [4.78, 5) is 17.0. The molecular weight excluding hydrogens is 337 g/mol. The van der Waals surface area contributed by atoms with Crippen molar-refractivity contribution in [3.05, 3.63) is 77.1 Å². The van der Waals surface area contributed by atoms with Gasteiger partial charge in [-0.1, -0.05) is 30.3 Å². The Morgan fingerprint density at radius 1 is 1.12 bits per heavy atom. The van der Waals surface area contributed by atoms with Crippen LogP contribution >= 0.6 is 11.3 Å². The average molecular weight is 353 g/mol. The number of carbonyl (C=O) groups is 1. The van der Waals surface area contributed by atoms with E-state index in [1.165, 1.54) is 23.5 Å². The molecular formula is C20H16FNO2S. The summed E-state index contributed by atoms with van der Waals surface area (Å²) in [5, 5.41) is 2.66. The van der Waals surface area contributed by atoms with Crippen LogP contribution in [0.15, 0.2) is 60.0 Å². The molecule has 25 heavy (non-hydrogen) atoms. The van der Waals surface area contributed by atoms with Gasteiger partial charge < -0.3 is 4.74 Å². The molecule has 0 radical (unpaired) electrons. The number of nitrogens with zero attached hydrogens (tertiary/aromatic N) is 1. The monoisotopic (exact) mass is 353 g/mol. The maximum atomic E-state index is 13.0. The highest BCUT2D eigenvalue weighted by molar-refractivity contribution is 7.13. The third kappa shape index (κ3) is 3.20. The van der Waals surface area contributed by atoms with Crippen molar-refractivity contribution in [2.75, 3.05) is 0 Å². The topological polar surface area (TPSA) is 39.2 Å². The van der Waals surface area contributed by atoms with E-state index >= 15 is 0 Å². The molecule has 1 aliphatic carbocycles. The molecule has 0 spiro atoms. The first-order chi connectivity index (χ1) is 12.2. The van der Waals surface area contributed by atoms with Gasteiger partial charge in [-0.05, 0) is 42.7 Å². The van der Waals surface area contributed by atoms with Crippen LogP contribution in [0.25, 0.3) is 10.6 Å². The van der Waals surface area contributed by atoms with Gasteiger partial charge in [-0.15, -0.1) is 11.3 Å². The van der Waals surface area contributed by atoms with Crippen molar-refractivity contribution in [3.8, 4) is 10.6 Å². The average Bonchev–Trinajstić information content (AvgIpc) is 3.33. The summed E-state index contributed by atoms with van der Waals surface area (Å²) < 4.78 is 18.5. The van der Waals surface area contributed by atoms with Crippen LogP contribution in [-0.2, 0) is 21.6 Å². The molecule has 1 heterocycles. The Labute approximate surface area is 149 Å². The predicted molar refractivity (Wildman–Crippen MR) is 94.7 cm³/mol. The summed E-state index contributed by atoms with van der Waals surface area (Å²) in [5.74, 6) is -0.458. The number of thiazole rings is 1. The van der Waals surface area contributed by atoms with Gasteiger partial charge in [-0.3, -0.25) is 4.79 Å². The second-order valence-corrected chi connectivity index (χ2v) is 7.03. The summed E-state index contributed by atoms with van der Waals surface area (Å²) in [6.45, 7) is 0.158. The van der Waals surface area contributed by atoms with E-state index in [4.69, 9.17) is 4.74 Å². The number of carbonyl (C=O) groups excluding carboxylic acids is 1. The van der Waals surface area contributed by atoms with Gasteiger partial charge in [-0.25, -0.2) is 9.37 Å². The molecule has 0 saturated heterocycles. The third-order valence-corrected chi connectivity index (χ3v) is 5.40. The standard InChI is InChI=1S/C20H16FNO2S/c21-16-8-6-14(7-9-16)18-22-17(13-25-18)12-24-19(23)20(10-11-20)15-4-2-1-3-5-15/h1-9,13H,10-12H2. The van der Waals surface area contributed by atoms with E-state index in [0.29, 0.717) is 5.69 Å². The number of benzene rings is 2. The Morgan fingerprint density at radius 3 is 2.52 bits per heavy atom. The number of hydrogen-bond donors (Lipinski definition) is 0. The summed E-state index contributed by atoms with van der Waals surface area (Å²) in [6, 6.07) is 16.0. The van der Waals surface area contributed by atoms with Crippen molar-refractivity contribution in [2.24, 2.45) is 0 Å². The van der Waals surface area contributed by atoms with Crippen LogP contribution in [0.3, 0.4) is 0 Å². The second-order valence-electron chi connectivity index (χ2n) is 6.18. The molecule has 4 rings (SSSR count). The Hall–Kier alpha value is -2.53. The SMILES string of the molecule is O=C(OCc1csc(-c2ccc(F)cc2)n1)C1(c2ccccc2)CC1. The van der Waals surface area contributed by atoms with Crippen molar-refractivity contribution < 1.29 is 13.9 Å². The molecule has 0 bridgehead atoms. The van der Waals surface area contributed by atoms with Gasteiger partial charge in [0, 0.05) is 10.9 Å². The van der Waals surface area contributed by atoms with E-state index in [2.05, 4.69) is 4.98 Å². The van der Waals surface area contributed by atoms with E-state index in [1.807, 2.05) is 35.7 Å². The Balaban J connectivity index is 1.42. The number of halogens is 1. The normalized spacial score (nSPS) is 14.9. The van der Waals surface area contributed by atoms with Crippen LogP contribution < -0.4 is 0 Å². The van der Waals surface area contributed by atoms with Crippen LogP contribution in [0.1, 0.15) is 24.1 Å². The van der Waals surface area contributed by atoms with Gasteiger partial charge in [0.25, 0.3) is 0 Å². The molecule has 0 aliphatic heterocycles. The fraction of sp³-hybridized carbons (Fsp3) is 0.200. The van der Waals surface area contributed by atoms with E-state index in [1.54, 1.807) is 12.1 Å². The van der Waals surface area contributed by atoms with Crippen LogP contribution in [0.5, 0.6) is 0 Å². The molecule has 126 valence electrons. The molecule has 2 aromatic carbocycles. The zero-order valence-electron chi connectivity index (χ0n) is 13.4. The molecule has 5 heteroatoms. The summed E-state index contributed by atoms with van der Waals surface area (Å²) >= 11 is 1.45. The zero-order chi connectivity index (χ0) is 17.3.